The summed E-state index contributed by atoms with van der Waals surface area (Å²) >= 11 is 0. The lowest BCUT2D eigenvalue weighted by Crippen LogP contribution is -2.52. The van der Waals surface area contributed by atoms with Crippen LogP contribution in [0.3, 0.4) is 0 Å². The molecule has 4 nitrogen and oxygen atoms in total. The highest BCUT2D eigenvalue weighted by Crippen LogP contribution is 2.15. The van der Waals surface area contributed by atoms with Gasteiger partial charge in [-0.05, 0) is 52.7 Å². The number of carbonyl (C=O) groups is 2. The van der Waals surface area contributed by atoms with Gasteiger partial charge in [0.2, 0.25) is 11.8 Å². The van der Waals surface area contributed by atoms with Gasteiger partial charge in [0.15, 0.2) is 0 Å². The Kier molecular flexibility index (Phi) is 7.00. The summed E-state index contributed by atoms with van der Waals surface area (Å²) in [5.74, 6) is -0.192. The maximum absolute atomic E-state index is 13.2. The Labute approximate surface area is 169 Å². The van der Waals surface area contributed by atoms with E-state index in [0.717, 1.165) is 22.3 Å². The highest BCUT2D eigenvalue weighted by atomic mass is 16.2. The minimum atomic E-state index is -0.558. The molecule has 2 aromatic rings. The van der Waals surface area contributed by atoms with E-state index >= 15 is 0 Å². The molecule has 0 aliphatic carbocycles. The Balaban J connectivity index is 2.25. The number of rotatable bonds is 6. The van der Waals surface area contributed by atoms with Crippen LogP contribution in [0.5, 0.6) is 0 Å². The number of nitrogens with zero attached hydrogens (tertiary/aromatic N) is 1. The van der Waals surface area contributed by atoms with Crippen molar-refractivity contribution in [1.82, 2.24) is 10.2 Å². The Morgan fingerprint density at radius 2 is 1.54 bits per heavy atom. The smallest absolute Gasteiger partial charge is 0.242 e. The molecule has 0 bridgehead atoms. The van der Waals surface area contributed by atoms with Gasteiger partial charge in [0, 0.05) is 12.1 Å². The summed E-state index contributed by atoms with van der Waals surface area (Å²) in [5, 5.41) is 2.99. The summed E-state index contributed by atoms with van der Waals surface area (Å²) in [6.45, 7) is 12.1. The minimum Gasteiger partial charge on any atom is -0.350 e. The summed E-state index contributed by atoms with van der Waals surface area (Å²) in [6, 6.07) is 15.4. The molecule has 0 heterocycles. The lowest BCUT2D eigenvalue weighted by molar-refractivity contribution is -0.140. The van der Waals surface area contributed by atoms with Gasteiger partial charge in [-0.2, -0.15) is 0 Å². The second-order valence-corrected chi connectivity index (χ2v) is 8.60. The van der Waals surface area contributed by atoms with E-state index in [0.29, 0.717) is 6.54 Å². The van der Waals surface area contributed by atoms with Gasteiger partial charge in [-0.3, -0.25) is 9.59 Å². The molecule has 2 rings (SSSR count). The molecular formula is C24H32N2O2. The molecule has 0 aromatic heterocycles. The lowest BCUT2D eigenvalue weighted by atomic mass is 10.0. The van der Waals surface area contributed by atoms with Crippen LogP contribution in [0.2, 0.25) is 0 Å². The Bertz CT molecular complexity index is 802. The van der Waals surface area contributed by atoms with Crippen LogP contribution >= 0.6 is 0 Å². The number of hydrogen-bond acceptors (Lipinski definition) is 2. The standard InChI is InChI=1S/C24H32N2O2/c1-17-12-18(2)14-21(13-17)15-22(27)26(16-20-10-8-7-9-11-20)19(3)23(28)25-24(4,5)6/h7-14,19H,15-16H2,1-6H3,(H,25,28). The van der Waals surface area contributed by atoms with E-state index in [1.807, 2.05) is 77.1 Å². The van der Waals surface area contributed by atoms with Crippen molar-refractivity contribution < 1.29 is 9.59 Å². The average molecular weight is 381 g/mol. The van der Waals surface area contributed by atoms with Crippen LogP contribution in [0.25, 0.3) is 0 Å². The van der Waals surface area contributed by atoms with Crippen LogP contribution in [0.15, 0.2) is 48.5 Å². The first-order valence-electron chi connectivity index (χ1n) is 9.78. The van der Waals surface area contributed by atoms with Gasteiger partial charge in [-0.25, -0.2) is 0 Å². The average Bonchev–Trinajstić information content (AvgIpc) is 2.57. The van der Waals surface area contributed by atoms with Crippen LogP contribution in [-0.2, 0) is 22.6 Å². The maximum Gasteiger partial charge on any atom is 0.242 e. The largest absolute Gasteiger partial charge is 0.350 e. The van der Waals surface area contributed by atoms with Crippen LogP contribution in [0.4, 0.5) is 0 Å². The molecule has 0 fully saturated rings. The SMILES string of the molecule is Cc1cc(C)cc(CC(=O)N(Cc2ccccc2)C(C)C(=O)NC(C)(C)C)c1. The van der Waals surface area contributed by atoms with Crippen molar-refractivity contribution in [3.05, 3.63) is 70.8 Å². The normalized spacial score (nSPS) is 12.4. The monoisotopic (exact) mass is 380 g/mol. The van der Waals surface area contributed by atoms with Gasteiger partial charge in [-0.15, -0.1) is 0 Å². The third-order valence-corrected chi connectivity index (χ3v) is 4.50. The third kappa shape index (κ3) is 6.52. The molecule has 0 saturated carbocycles. The van der Waals surface area contributed by atoms with Gasteiger partial charge in [0.1, 0.15) is 6.04 Å². The first-order valence-corrected chi connectivity index (χ1v) is 9.78. The molecule has 2 amide bonds. The van der Waals surface area contributed by atoms with Crippen molar-refractivity contribution >= 4 is 11.8 Å². The first-order chi connectivity index (χ1) is 13.0. The molecular weight excluding hydrogens is 348 g/mol. The molecule has 1 N–H and O–H groups in total. The summed E-state index contributed by atoms with van der Waals surface area (Å²) in [7, 11) is 0. The molecule has 1 unspecified atom stereocenters. The van der Waals surface area contributed by atoms with E-state index in [1.165, 1.54) is 0 Å². The van der Waals surface area contributed by atoms with E-state index in [9.17, 15) is 9.59 Å². The molecule has 0 spiro atoms. The van der Waals surface area contributed by atoms with Crippen LogP contribution in [-0.4, -0.2) is 28.3 Å². The summed E-state index contributed by atoms with van der Waals surface area (Å²) < 4.78 is 0. The predicted molar refractivity (Wildman–Crippen MR) is 114 cm³/mol. The Hall–Kier alpha value is -2.62. The molecule has 0 saturated heterocycles. The highest BCUT2D eigenvalue weighted by Gasteiger charge is 2.28. The van der Waals surface area contributed by atoms with Gasteiger partial charge in [0.05, 0.1) is 6.42 Å². The third-order valence-electron chi connectivity index (χ3n) is 4.50. The van der Waals surface area contributed by atoms with Gasteiger partial charge >= 0.3 is 0 Å². The number of benzene rings is 2. The second kappa shape index (κ2) is 9.05. The fraction of sp³-hybridized carbons (Fsp3) is 0.417. The fourth-order valence-electron chi connectivity index (χ4n) is 3.28. The first kappa shape index (κ1) is 21.7. The van der Waals surface area contributed by atoms with E-state index < -0.39 is 6.04 Å². The zero-order valence-electron chi connectivity index (χ0n) is 17.9. The molecule has 28 heavy (non-hydrogen) atoms. The summed E-state index contributed by atoms with van der Waals surface area (Å²) in [6.07, 6.45) is 0.280. The van der Waals surface area contributed by atoms with Crippen molar-refractivity contribution in [2.45, 2.75) is 66.1 Å². The zero-order valence-corrected chi connectivity index (χ0v) is 17.9. The van der Waals surface area contributed by atoms with Gasteiger partial charge in [-0.1, -0.05) is 59.7 Å². The van der Waals surface area contributed by atoms with Crippen LogP contribution in [0.1, 0.15) is 49.9 Å². The molecule has 4 heteroatoms. The molecule has 0 aliphatic heterocycles. The lowest BCUT2D eigenvalue weighted by Gasteiger charge is -2.31. The van der Waals surface area contributed by atoms with Crippen LogP contribution in [0, 0.1) is 13.8 Å². The van der Waals surface area contributed by atoms with Crippen molar-refractivity contribution in [1.29, 1.82) is 0 Å². The quantitative estimate of drug-likeness (QED) is 0.817. The number of aryl methyl sites for hydroxylation is 2. The number of nitrogens with one attached hydrogen (secondary N) is 1. The van der Waals surface area contributed by atoms with Crippen molar-refractivity contribution in [2.75, 3.05) is 0 Å². The number of hydrogen-bond donors (Lipinski definition) is 1. The fourth-order valence-corrected chi connectivity index (χ4v) is 3.28. The van der Waals surface area contributed by atoms with Crippen molar-refractivity contribution in [3.8, 4) is 0 Å². The molecule has 1 atom stereocenters. The molecule has 2 aromatic carbocycles. The van der Waals surface area contributed by atoms with Gasteiger partial charge < -0.3 is 10.2 Å². The molecule has 0 radical (unpaired) electrons. The van der Waals surface area contributed by atoms with E-state index in [1.54, 1.807) is 11.8 Å². The van der Waals surface area contributed by atoms with E-state index in [2.05, 4.69) is 11.4 Å². The van der Waals surface area contributed by atoms with E-state index in [-0.39, 0.29) is 23.8 Å². The van der Waals surface area contributed by atoms with E-state index in [4.69, 9.17) is 0 Å². The highest BCUT2D eigenvalue weighted by molar-refractivity contribution is 5.88. The Morgan fingerprint density at radius 3 is 2.07 bits per heavy atom. The number of carbonyl (C=O) groups excluding carboxylic acids is 2. The predicted octanol–water partition coefficient (Wildman–Crippen LogP) is 4.18. The van der Waals surface area contributed by atoms with Crippen molar-refractivity contribution in [2.24, 2.45) is 0 Å². The van der Waals surface area contributed by atoms with Gasteiger partial charge in [0.25, 0.3) is 0 Å². The summed E-state index contributed by atoms with van der Waals surface area (Å²) in [5.41, 5.74) is 3.91. The van der Waals surface area contributed by atoms with Crippen molar-refractivity contribution in [3.63, 3.8) is 0 Å². The molecule has 150 valence electrons. The topological polar surface area (TPSA) is 49.4 Å². The minimum absolute atomic E-state index is 0.0505. The van der Waals surface area contributed by atoms with Crippen LogP contribution < -0.4 is 5.32 Å². The Morgan fingerprint density at radius 1 is 0.964 bits per heavy atom. The second-order valence-electron chi connectivity index (χ2n) is 8.60. The zero-order chi connectivity index (χ0) is 20.9. The summed E-state index contributed by atoms with van der Waals surface area (Å²) in [4.78, 5) is 27.6. The maximum atomic E-state index is 13.2. The molecule has 0 aliphatic rings. The number of amides is 2.